The molecule has 0 bridgehead atoms. The molecule has 4 nitrogen and oxygen atoms in total. The maximum absolute atomic E-state index is 6.03. The number of benzene rings is 2. The summed E-state index contributed by atoms with van der Waals surface area (Å²) in [6, 6.07) is 16.0. The molecule has 0 aliphatic rings. The molecular formula is C19H20ClN3OS. The van der Waals surface area contributed by atoms with Crippen LogP contribution in [-0.4, -0.2) is 28.4 Å². The van der Waals surface area contributed by atoms with Crippen LogP contribution >= 0.6 is 23.4 Å². The summed E-state index contributed by atoms with van der Waals surface area (Å²) < 4.78 is 5.86. The monoisotopic (exact) mass is 373 g/mol. The summed E-state index contributed by atoms with van der Waals surface area (Å²) in [7, 11) is 2.05. The van der Waals surface area contributed by atoms with Gasteiger partial charge in [-0.3, -0.25) is 4.90 Å². The molecule has 0 fully saturated rings. The van der Waals surface area contributed by atoms with Crippen LogP contribution in [0, 0.1) is 0 Å². The van der Waals surface area contributed by atoms with Crippen LogP contribution in [0.4, 0.5) is 0 Å². The minimum Gasteiger partial charge on any atom is -0.419 e. The van der Waals surface area contributed by atoms with Gasteiger partial charge in [-0.15, -0.1) is 22.0 Å². The van der Waals surface area contributed by atoms with E-state index in [1.165, 1.54) is 10.5 Å². The maximum Gasteiger partial charge on any atom is 0.247 e. The number of hydrogen-bond acceptors (Lipinski definition) is 5. The Bertz CT molecular complexity index is 835. The first kappa shape index (κ1) is 18.0. The van der Waals surface area contributed by atoms with Crippen molar-refractivity contribution in [2.24, 2.45) is 0 Å². The van der Waals surface area contributed by atoms with Gasteiger partial charge >= 0.3 is 0 Å². The summed E-state index contributed by atoms with van der Waals surface area (Å²) in [6.45, 7) is 2.87. The van der Waals surface area contributed by atoms with Crippen LogP contribution in [-0.2, 0) is 6.54 Å². The molecule has 0 N–H and O–H groups in total. The second-order valence-electron chi connectivity index (χ2n) is 5.89. The van der Waals surface area contributed by atoms with Crippen LogP contribution in [0.5, 0.6) is 0 Å². The predicted molar refractivity (Wildman–Crippen MR) is 103 cm³/mol. The molecule has 3 aromatic rings. The summed E-state index contributed by atoms with van der Waals surface area (Å²) in [5, 5.41) is 9.01. The van der Waals surface area contributed by atoms with Crippen molar-refractivity contribution in [1.29, 1.82) is 0 Å². The number of rotatable bonds is 6. The molecule has 6 heteroatoms. The number of nitrogens with zero attached hydrogens (tertiary/aromatic N) is 3. The van der Waals surface area contributed by atoms with Gasteiger partial charge in [-0.05, 0) is 56.1 Å². The van der Waals surface area contributed by atoms with Crippen molar-refractivity contribution in [1.82, 2.24) is 15.1 Å². The third-order valence-corrected chi connectivity index (χ3v) is 5.10. The molecule has 0 radical (unpaired) electrons. The standard InChI is InChI=1S/C19H20ClN3OS/c1-13(23(2)12-14-7-9-17(25-3)10-8-14)18-21-22-19(24-18)15-5-4-6-16(20)11-15/h4-11,13H,12H2,1-3H3/t13-/m0/s1. The smallest absolute Gasteiger partial charge is 0.247 e. The Hall–Kier alpha value is -1.82. The zero-order valence-corrected chi connectivity index (χ0v) is 16.0. The van der Waals surface area contributed by atoms with Crippen molar-refractivity contribution in [3.63, 3.8) is 0 Å². The first-order valence-electron chi connectivity index (χ1n) is 7.99. The molecule has 1 atom stereocenters. The van der Waals surface area contributed by atoms with Gasteiger partial charge in [0.25, 0.3) is 0 Å². The Balaban J connectivity index is 1.70. The molecule has 0 aliphatic heterocycles. The minimum absolute atomic E-state index is 0.0145. The molecule has 3 rings (SSSR count). The average Bonchev–Trinajstić information content (AvgIpc) is 3.12. The van der Waals surface area contributed by atoms with E-state index >= 15 is 0 Å². The SMILES string of the molecule is CSc1ccc(CN(C)[C@@H](C)c2nnc(-c3cccc(Cl)c3)o2)cc1. The molecule has 130 valence electrons. The van der Waals surface area contributed by atoms with Crippen LogP contribution < -0.4 is 0 Å². The Labute approximate surface area is 157 Å². The Morgan fingerprint density at radius 3 is 2.60 bits per heavy atom. The summed E-state index contributed by atoms with van der Waals surface area (Å²) in [5.41, 5.74) is 2.08. The van der Waals surface area contributed by atoms with E-state index in [0.29, 0.717) is 16.8 Å². The highest BCUT2D eigenvalue weighted by molar-refractivity contribution is 7.98. The highest BCUT2D eigenvalue weighted by Gasteiger charge is 2.19. The first-order valence-corrected chi connectivity index (χ1v) is 9.59. The number of thioether (sulfide) groups is 1. The van der Waals surface area contributed by atoms with Gasteiger partial charge in [-0.25, -0.2) is 0 Å². The molecule has 1 aromatic heterocycles. The zero-order valence-electron chi connectivity index (χ0n) is 14.4. The first-order chi connectivity index (χ1) is 12.1. The van der Waals surface area contributed by atoms with Crippen LogP contribution in [0.1, 0.15) is 24.4 Å². The molecule has 1 heterocycles. The molecule has 0 saturated heterocycles. The Morgan fingerprint density at radius 2 is 1.92 bits per heavy atom. The summed E-state index contributed by atoms with van der Waals surface area (Å²) in [4.78, 5) is 3.45. The average molecular weight is 374 g/mol. The topological polar surface area (TPSA) is 42.2 Å². The quantitative estimate of drug-likeness (QED) is 0.548. The van der Waals surface area contributed by atoms with E-state index in [1.54, 1.807) is 11.8 Å². The molecule has 0 amide bonds. The fourth-order valence-corrected chi connectivity index (χ4v) is 3.08. The lowest BCUT2D eigenvalue weighted by molar-refractivity contribution is 0.218. The van der Waals surface area contributed by atoms with Crippen molar-refractivity contribution < 1.29 is 4.42 Å². The highest BCUT2D eigenvalue weighted by Crippen LogP contribution is 2.26. The van der Waals surface area contributed by atoms with Gasteiger partial charge in [0.05, 0.1) is 6.04 Å². The van der Waals surface area contributed by atoms with E-state index in [-0.39, 0.29) is 6.04 Å². The summed E-state index contributed by atoms with van der Waals surface area (Å²) in [5.74, 6) is 1.08. The molecule has 0 aliphatic carbocycles. The lowest BCUT2D eigenvalue weighted by Gasteiger charge is -2.21. The molecule has 0 spiro atoms. The number of aromatic nitrogens is 2. The highest BCUT2D eigenvalue weighted by atomic mass is 35.5. The van der Waals surface area contributed by atoms with Crippen LogP contribution in [0.15, 0.2) is 57.8 Å². The van der Waals surface area contributed by atoms with Gasteiger partial charge in [-0.1, -0.05) is 29.8 Å². The van der Waals surface area contributed by atoms with E-state index < -0.39 is 0 Å². The Kier molecular flexibility index (Phi) is 5.78. The third-order valence-electron chi connectivity index (χ3n) is 4.12. The van der Waals surface area contributed by atoms with Crippen molar-refractivity contribution in [3.05, 3.63) is 65.0 Å². The van der Waals surface area contributed by atoms with Crippen molar-refractivity contribution >= 4 is 23.4 Å². The maximum atomic E-state index is 6.03. The normalized spacial score (nSPS) is 12.5. The van der Waals surface area contributed by atoms with E-state index in [2.05, 4.69) is 59.6 Å². The van der Waals surface area contributed by atoms with E-state index in [1.807, 2.05) is 24.3 Å². The predicted octanol–water partition coefficient (Wildman–Crippen LogP) is 5.30. The van der Waals surface area contributed by atoms with Crippen LogP contribution in [0.2, 0.25) is 5.02 Å². The van der Waals surface area contributed by atoms with E-state index in [0.717, 1.165) is 12.1 Å². The van der Waals surface area contributed by atoms with Gasteiger partial charge in [0, 0.05) is 22.0 Å². The van der Waals surface area contributed by atoms with Gasteiger partial charge in [0.2, 0.25) is 11.8 Å². The van der Waals surface area contributed by atoms with E-state index in [4.69, 9.17) is 16.0 Å². The second kappa shape index (κ2) is 8.04. The lowest BCUT2D eigenvalue weighted by Crippen LogP contribution is -2.22. The van der Waals surface area contributed by atoms with Gasteiger partial charge in [-0.2, -0.15) is 0 Å². The van der Waals surface area contributed by atoms with Crippen molar-refractivity contribution in [2.75, 3.05) is 13.3 Å². The fraction of sp³-hybridized carbons (Fsp3) is 0.263. The van der Waals surface area contributed by atoms with Gasteiger partial charge in [0.15, 0.2) is 0 Å². The molecular weight excluding hydrogens is 354 g/mol. The van der Waals surface area contributed by atoms with E-state index in [9.17, 15) is 0 Å². The Morgan fingerprint density at radius 1 is 1.16 bits per heavy atom. The van der Waals surface area contributed by atoms with Crippen molar-refractivity contribution in [3.8, 4) is 11.5 Å². The minimum atomic E-state index is 0.0145. The molecule has 0 unspecified atom stereocenters. The lowest BCUT2D eigenvalue weighted by atomic mass is 10.2. The molecule has 2 aromatic carbocycles. The van der Waals surface area contributed by atoms with Crippen LogP contribution in [0.25, 0.3) is 11.5 Å². The van der Waals surface area contributed by atoms with Gasteiger partial charge in [0.1, 0.15) is 0 Å². The summed E-state index contributed by atoms with van der Waals surface area (Å²) >= 11 is 7.77. The fourth-order valence-electron chi connectivity index (χ4n) is 2.49. The molecule has 25 heavy (non-hydrogen) atoms. The number of hydrogen-bond donors (Lipinski definition) is 0. The summed E-state index contributed by atoms with van der Waals surface area (Å²) in [6.07, 6.45) is 2.08. The third kappa shape index (κ3) is 4.42. The van der Waals surface area contributed by atoms with Crippen LogP contribution in [0.3, 0.4) is 0 Å². The number of halogens is 1. The van der Waals surface area contributed by atoms with Gasteiger partial charge < -0.3 is 4.42 Å². The second-order valence-corrected chi connectivity index (χ2v) is 7.21. The molecule has 0 saturated carbocycles. The zero-order chi connectivity index (χ0) is 17.8. The largest absolute Gasteiger partial charge is 0.419 e. The van der Waals surface area contributed by atoms with Crippen molar-refractivity contribution in [2.45, 2.75) is 24.4 Å².